The molecule has 0 aliphatic carbocycles. The van der Waals surface area contributed by atoms with E-state index >= 15 is 0 Å². The summed E-state index contributed by atoms with van der Waals surface area (Å²) in [5, 5.41) is 0.570. The first-order chi connectivity index (χ1) is 16.3. The zero-order valence-corrected chi connectivity index (χ0v) is 20.6. The van der Waals surface area contributed by atoms with Crippen LogP contribution < -0.4 is 9.04 Å². The van der Waals surface area contributed by atoms with Crippen LogP contribution in [-0.4, -0.2) is 30.8 Å². The van der Waals surface area contributed by atoms with E-state index in [9.17, 15) is 13.6 Å². The van der Waals surface area contributed by atoms with Crippen molar-refractivity contribution in [3.8, 4) is 5.75 Å². The molecule has 0 spiro atoms. The quantitative estimate of drug-likeness (QED) is 0.339. The highest BCUT2D eigenvalue weighted by molar-refractivity contribution is 7.81. The molecule has 0 bridgehead atoms. The van der Waals surface area contributed by atoms with Gasteiger partial charge in [0.15, 0.2) is 0 Å². The van der Waals surface area contributed by atoms with Gasteiger partial charge in [-0.2, -0.15) is 0 Å². The van der Waals surface area contributed by atoms with Gasteiger partial charge in [0.2, 0.25) is 0 Å². The van der Waals surface area contributed by atoms with Crippen LogP contribution >= 0.6 is 11.6 Å². The van der Waals surface area contributed by atoms with Crippen LogP contribution in [0.5, 0.6) is 5.75 Å². The highest BCUT2D eigenvalue weighted by Gasteiger charge is 2.24. The molecule has 176 valence electrons. The lowest BCUT2D eigenvalue weighted by Gasteiger charge is -2.18. The van der Waals surface area contributed by atoms with Crippen LogP contribution in [-0.2, 0) is 17.8 Å². The van der Waals surface area contributed by atoms with Crippen LogP contribution in [0.4, 0.5) is 5.69 Å². The molecule has 4 rings (SSSR count). The Morgan fingerprint density at radius 3 is 2.50 bits per heavy atom. The molecule has 1 N–H and O–H groups in total. The number of amides is 1. The van der Waals surface area contributed by atoms with Gasteiger partial charge in [-0.15, -0.1) is 0 Å². The number of carbonyl (C=O) groups excluding carboxylic acids is 1. The van der Waals surface area contributed by atoms with Crippen LogP contribution in [0.25, 0.3) is 11.0 Å². The monoisotopic (exact) mass is 497 g/mol. The first kappa shape index (κ1) is 23.9. The zero-order valence-electron chi connectivity index (χ0n) is 19.0. The number of aryl methyl sites for hydroxylation is 2. The maximum Gasteiger partial charge on any atom is 0.272 e. The second-order valence-electron chi connectivity index (χ2n) is 7.80. The van der Waals surface area contributed by atoms with Crippen molar-refractivity contribution in [1.82, 2.24) is 9.55 Å². The first-order valence-corrected chi connectivity index (χ1v) is 12.1. The third-order valence-corrected chi connectivity index (χ3v) is 6.50. The maximum absolute atomic E-state index is 13.3. The number of halogens is 1. The SMILES string of the molecule is CCOc1ccc(Cn2c(C)nc3ccc(C(=O)N(c4ccc(C)cc4)S(=O)O)cc32)c(Cl)c1. The highest BCUT2D eigenvalue weighted by atomic mass is 35.5. The van der Waals surface area contributed by atoms with Crippen molar-refractivity contribution >= 4 is 45.5 Å². The average Bonchev–Trinajstić information content (AvgIpc) is 3.11. The zero-order chi connectivity index (χ0) is 24.4. The molecule has 0 fully saturated rings. The lowest BCUT2D eigenvalue weighted by atomic mass is 10.1. The van der Waals surface area contributed by atoms with Gasteiger partial charge >= 0.3 is 0 Å². The smallest absolute Gasteiger partial charge is 0.272 e. The van der Waals surface area contributed by atoms with Crippen molar-refractivity contribution in [3.63, 3.8) is 0 Å². The van der Waals surface area contributed by atoms with Crippen molar-refractivity contribution < 1.29 is 18.3 Å². The number of aromatic nitrogens is 2. The van der Waals surface area contributed by atoms with E-state index in [0.29, 0.717) is 35.1 Å². The van der Waals surface area contributed by atoms with Crippen LogP contribution in [0.1, 0.15) is 34.2 Å². The fourth-order valence-electron chi connectivity index (χ4n) is 3.73. The van der Waals surface area contributed by atoms with Gasteiger partial charge in [-0.3, -0.25) is 9.35 Å². The summed E-state index contributed by atoms with van der Waals surface area (Å²) in [6.07, 6.45) is 0. The summed E-state index contributed by atoms with van der Waals surface area (Å²) in [6.45, 7) is 6.69. The van der Waals surface area contributed by atoms with Gasteiger partial charge in [0.05, 0.1) is 29.9 Å². The standard InChI is InChI=1S/C25H24ClN3O4S/c1-4-33-21-11-7-19(22(26)14-21)15-28-17(3)27-23-12-8-18(13-24(23)28)25(30)29(34(31)32)20-9-5-16(2)6-10-20/h5-14H,4,15H2,1-3H3,(H,31,32). The molecule has 0 aliphatic rings. The summed E-state index contributed by atoms with van der Waals surface area (Å²) >= 11 is 3.95. The highest BCUT2D eigenvalue weighted by Crippen LogP contribution is 2.27. The molecule has 34 heavy (non-hydrogen) atoms. The largest absolute Gasteiger partial charge is 0.494 e. The third kappa shape index (κ3) is 4.84. The number of imidazole rings is 1. The Morgan fingerprint density at radius 2 is 1.85 bits per heavy atom. The van der Waals surface area contributed by atoms with Gasteiger partial charge in [0, 0.05) is 10.6 Å². The second-order valence-corrected chi connectivity index (χ2v) is 9.03. The van der Waals surface area contributed by atoms with Gasteiger partial charge in [0.25, 0.3) is 17.2 Å². The first-order valence-electron chi connectivity index (χ1n) is 10.7. The molecule has 0 saturated carbocycles. The molecule has 3 aromatic carbocycles. The molecular weight excluding hydrogens is 474 g/mol. The molecule has 0 aliphatic heterocycles. The van der Waals surface area contributed by atoms with Gasteiger partial charge in [-0.05, 0) is 68.8 Å². The van der Waals surface area contributed by atoms with Crippen LogP contribution in [0.2, 0.25) is 5.02 Å². The van der Waals surface area contributed by atoms with Crippen molar-refractivity contribution in [2.45, 2.75) is 27.3 Å². The third-order valence-electron chi connectivity index (χ3n) is 5.46. The van der Waals surface area contributed by atoms with E-state index in [1.165, 1.54) is 0 Å². The molecule has 1 atom stereocenters. The molecule has 1 aromatic heterocycles. The van der Waals surface area contributed by atoms with Gasteiger partial charge < -0.3 is 9.30 Å². The number of nitrogens with zero attached hydrogens (tertiary/aromatic N) is 3. The number of carbonyl (C=O) groups is 1. The molecular formula is C25H24ClN3O4S. The fraction of sp³-hybridized carbons (Fsp3) is 0.200. The van der Waals surface area contributed by atoms with Crippen molar-refractivity contribution in [2.24, 2.45) is 0 Å². The molecule has 1 heterocycles. The maximum atomic E-state index is 13.3. The van der Waals surface area contributed by atoms with Crippen molar-refractivity contribution in [3.05, 3.63) is 88.2 Å². The van der Waals surface area contributed by atoms with E-state index in [-0.39, 0.29) is 5.56 Å². The molecule has 7 nitrogen and oxygen atoms in total. The fourth-order valence-corrected chi connectivity index (χ4v) is 4.51. The van der Waals surface area contributed by atoms with E-state index in [4.69, 9.17) is 16.3 Å². The number of ether oxygens (including phenoxy) is 1. The minimum absolute atomic E-state index is 0.273. The van der Waals surface area contributed by atoms with E-state index in [1.807, 2.05) is 37.5 Å². The van der Waals surface area contributed by atoms with Gasteiger partial charge in [-0.1, -0.05) is 35.4 Å². The Hall–Kier alpha value is -3.20. The summed E-state index contributed by atoms with van der Waals surface area (Å²) in [4.78, 5) is 17.8. The summed E-state index contributed by atoms with van der Waals surface area (Å²) in [5.41, 5.74) is 3.90. The summed E-state index contributed by atoms with van der Waals surface area (Å²) in [6, 6.07) is 17.4. The molecule has 0 radical (unpaired) electrons. The van der Waals surface area contributed by atoms with E-state index < -0.39 is 17.2 Å². The number of hydrogen-bond donors (Lipinski definition) is 1. The Kier molecular flexibility index (Phi) is 7.02. The van der Waals surface area contributed by atoms with Crippen molar-refractivity contribution in [2.75, 3.05) is 10.9 Å². The average molecular weight is 498 g/mol. The number of benzene rings is 3. The second kappa shape index (κ2) is 9.97. The minimum atomic E-state index is -2.53. The molecule has 1 unspecified atom stereocenters. The summed E-state index contributed by atoms with van der Waals surface area (Å²) in [7, 11) is 0. The normalized spacial score (nSPS) is 12.0. The Bertz CT molecular complexity index is 1390. The number of rotatable bonds is 7. The Balaban J connectivity index is 1.71. The van der Waals surface area contributed by atoms with E-state index in [2.05, 4.69) is 4.98 Å². The molecule has 0 saturated heterocycles. The lowest BCUT2D eigenvalue weighted by molar-refractivity contribution is 0.100. The van der Waals surface area contributed by atoms with Crippen molar-refractivity contribution in [1.29, 1.82) is 0 Å². The van der Waals surface area contributed by atoms with Crippen LogP contribution in [0.3, 0.4) is 0 Å². The van der Waals surface area contributed by atoms with Crippen LogP contribution in [0.15, 0.2) is 60.7 Å². The summed E-state index contributed by atoms with van der Waals surface area (Å²) < 4.78 is 30.2. The Morgan fingerprint density at radius 1 is 1.12 bits per heavy atom. The predicted molar refractivity (Wildman–Crippen MR) is 135 cm³/mol. The van der Waals surface area contributed by atoms with Gasteiger partial charge in [-0.25, -0.2) is 13.5 Å². The van der Waals surface area contributed by atoms with Gasteiger partial charge in [0.1, 0.15) is 11.6 Å². The molecule has 9 heteroatoms. The Labute approximate surface area is 205 Å². The number of anilines is 1. The van der Waals surface area contributed by atoms with Crippen LogP contribution in [0, 0.1) is 13.8 Å². The summed E-state index contributed by atoms with van der Waals surface area (Å²) in [5.74, 6) is 0.867. The number of hydrogen-bond acceptors (Lipinski definition) is 4. The van der Waals surface area contributed by atoms with E-state index in [0.717, 1.165) is 26.8 Å². The predicted octanol–water partition coefficient (Wildman–Crippen LogP) is 5.54. The topological polar surface area (TPSA) is 84.7 Å². The lowest BCUT2D eigenvalue weighted by Crippen LogP contribution is -2.32. The number of fused-ring (bicyclic) bond motifs is 1. The minimum Gasteiger partial charge on any atom is -0.494 e. The molecule has 4 aromatic rings. The molecule has 1 amide bonds. The van der Waals surface area contributed by atoms with E-state index in [1.54, 1.807) is 48.5 Å².